The van der Waals surface area contributed by atoms with Crippen LogP contribution in [-0.4, -0.2) is 43.1 Å². The average molecular weight is 266 g/mol. The smallest absolute Gasteiger partial charge is 0.226 e. The molecule has 2 rings (SSSR count). The SMILES string of the molecule is CC1CNCCN1C(=O)CCOc1ccccc1F. The number of carbonyl (C=O) groups is 1. The molecule has 4 nitrogen and oxygen atoms in total. The first-order valence-electron chi connectivity index (χ1n) is 6.56. The van der Waals surface area contributed by atoms with Gasteiger partial charge in [0.1, 0.15) is 0 Å². The molecule has 0 aromatic heterocycles. The molecule has 19 heavy (non-hydrogen) atoms. The van der Waals surface area contributed by atoms with E-state index in [1.807, 2.05) is 11.8 Å². The molecule has 1 fully saturated rings. The van der Waals surface area contributed by atoms with Crippen LogP contribution in [0.15, 0.2) is 24.3 Å². The number of nitrogens with zero attached hydrogens (tertiary/aromatic N) is 1. The van der Waals surface area contributed by atoms with E-state index in [-0.39, 0.29) is 30.7 Å². The van der Waals surface area contributed by atoms with Crippen molar-refractivity contribution in [1.82, 2.24) is 10.2 Å². The van der Waals surface area contributed by atoms with Crippen LogP contribution in [0.3, 0.4) is 0 Å². The van der Waals surface area contributed by atoms with E-state index in [2.05, 4.69) is 5.32 Å². The summed E-state index contributed by atoms with van der Waals surface area (Å²) in [5, 5.41) is 3.23. The molecule has 1 amide bonds. The molecule has 1 saturated heterocycles. The van der Waals surface area contributed by atoms with E-state index in [4.69, 9.17) is 4.74 Å². The third-order valence-corrected chi connectivity index (χ3v) is 3.23. The lowest BCUT2D eigenvalue weighted by Crippen LogP contribution is -2.52. The minimum Gasteiger partial charge on any atom is -0.490 e. The number of ether oxygens (including phenoxy) is 1. The van der Waals surface area contributed by atoms with Gasteiger partial charge in [0, 0.05) is 25.7 Å². The van der Waals surface area contributed by atoms with Crippen LogP contribution in [-0.2, 0) is 4.79 Å². The summed E-state index contributed by atoms with van der Waals surface area (Å²) in [5.74, 6) is -0.139. The van der Waals surface area contributed by atoms with Gasteiger partial charge < -0.3 is 15.0 Å². The van der Waals surface area contributed by atoms with E-state index in [0.29, 0.717) is 0 Å². The number of nitrogens with one attached hydrogen (secondary N) is 1. The maximum Gasteiger partial charge on any atom is 0.226 e. The number of benzene rings is 1. The van der Waals surface area contributed by atoms with Crippen molar-refractivity contribution in [3.05, 3.63) is 30.1 Å². The first-order valence-corrected chi connectivity index (χ1v) is 6.56. The average Bonchev–Trinajstić information content (AvgIpc) is 2.41. The van der Waals surface area contributed by atoms with Crippen LogP contribution < -0.4 is 10.1 Å². The molecule has 1 N–H and O–H groups in total. The highest BCUT2D eigenvalue weighted by Crippen LogP contribution is 2.15. The Kier molecular flexibility index (Phi) is 4.74. The number of hydrogen-bond acceptors (Lipinski definition) is 3. The van der Waals surface area contributed by atoms with Gasteiger partial charge >= 0.3 is 0 Å². The Morgan fingerprint density at radius 2 is 2.32 bits per heavy atom. The van der Waals surface area contributed by atoms with Crippen molar-refractivity contribution >= 4 is 5.91 Å². The molecule has 0 saturated carbocycles. The van der Waals surface area contributed by atoms with Crippen LogP contribution in [0, 0.1) is 5.82 Å². The number of rotatable bonds is 4. The fourth-order valence-electron chi connectivity index (χ4n) is 2.17. The third-order valence-electron chi connectivity index (χ3n) is 3.23. The molecule has 0 spiro atoms. The highest BCUT2D eigenvalue weighted by Gasteiger charge is 2.22. The molecule has 1 aromatic rings. The fraction of sp³-hybridized carbons (Fsp3) is 0.500. The van der Waals surface area contributed by atoms with E-state index in [0.717, 1.165) is 19.6 Å². The molecule has 1 unspecified atom stereocenters. The Labute approximate surface area is 112 Å². The summed E-state index contributed by atoms with van der Waals surface area (Å²) >= 11 is 0. The number of para-hydroxylation sites is 1. The van der Waals surface area contributed by atoms with Crippen molar-refractivity contribution in [3.63, 3.8) is 0 Å². The number of carbonyl (C=O) groups excluding carboxylic acids is 1. The Balaban J connectivity index is 1.79. The second-order valence-corrected chi connectivity index (χ2v) is 4.67. The summed E-state index contributed by atoms with van der Waals surface area (Å²) in [6, 6.07) is 6.42. The zero-order valence-electron chi connectivity index (χ0n) is 11.1. The van der Waals surface area contributed by atoms with Gasteiger partial charge in [-0.2, -0.15) is 0 Å². The van der Waals surface area contributed by atoms with Crippen molar-refractivity contribution in [2.24, 2.45) is 0 Å². The summed E-state index contributed by atoms with van der Waals surface area (Å²) in [4.78, 5) is 13.9. The van der Waals surface area contributed by atoms with E-state index >= 15 is 0 Å². The Morgan fingerprint density at radius 1 is 1.53 bits per heavy atom. The minimum absolute atomic E-state index is 0.0605. The lowest BCUT2D eigenvalue weighted by atomic mass is 10.2. The summed E-state index contributed by atoms with van der Waals surface area (Å²) in [5.41, 5.74) is 0. The van der Waals surface area contributed by atoms with Gasteiger partial charge in [0.25, 0.3) is 0 Å². The third kappa shape index (κ3) is 3.67. The predicted molar refractivity (Wildman–Crippen MR) is 70.6 cm³/mol. The maximum atomic E-state index is 13.3. The largest absolute Gasteiger partial charge is 0.490 e. The van der Waals surface area contributed by atoms with Gasteiger partial charge in [-0.15, -0.1) is 0 Å². The summed E-state index contributed by atoms with van der Waals surface area (Å²) < 4.78 is 18.6. The quantitative estimate of drug-likeness (QED) is 0.896. The second-order valence-electron chi connectivity index (χ2n) is 4.67. The fourth-order valence-corrected chi connectivity index (χ4v) is 2.17. The topological polar surface area (TPSA) is 41.6 Å². The Bertz CT molecular complexity index is 439. The zero-order chi connectivity index (χ0) is 13.7. The zero-order valence-corrected chi connectivity index (χ0v) is 11.1. The van der Waals surface area contributed by atoms with Crippen LogP contribution in [0.4, 0.5) is 4.39 Å². The molecular formula is C14H19FN2O2. The normalized spacial score (nSPS) is 19.3. The number of halogens is 1. The van der Waals surface area contributed by atoms with Crippen LogP contribution >= 0.6 is 0 Å². The molecule has 104 valence electrons. The monoisotopic (exact) mass is 266 g/mol. The van der Waals surface area contributed by atoms with Gasteiger partial charge in [-0.3, -0.25) is 4.79 Å². The van der Waals surface area contributed by atoms with Gasteiger partial charge in [-0.25, -0.2) is 4.39 Å². The second kappa shape index (κ2) is 6.52. The molecule has 5 heteroatoms. The molecule has 1 heterocycles. The molecule has 1 aromatic carbocycles. The predicted octanol–water partition coefficient (Wildman–Crippen LogP) is 1.41. The lowest BCUT2D eigenvalue weighted by Gasteiger charge is -2.34. The van der Waals surface area contributed by atoms with Crippen molar-refractivity contribution in [3.8, 4) is 5.75 Å². The van der Waals surface area contributed by atoms with Crippen molar-refractivity contribution in [1.29, 1.82) is 0 Å². The van der Waals surface area contributed by atoms with Crippen LogP contribution in [0.1, 0.15) is 13.3 Å². The van der Waals surface area contributed by atoms with Crippen LogP contribution in [0.5, 0.6) is 5.75 Å². The van der Waals surface area contributed by atoms with Gasteiger partial charge in [0.15, 0.2) is 11.6 Å². The number of hydrogen-bond donors (Lipinski definition) is 1. The van der Waals surface area contributed by atoms with Crippen molar-refractivity contribution in [2.75, 3.05) is 26.2 Å². The molecule has 1 aliphatic rings. The van der Waals surface area contributed by atoms with Crippen molar-refractivity contribution in [2.45, 2.75) is 19.4 Å². The molecule has 1 aliphatic heterocycles. The first-order chi connectivity index (χ1) is 9.18. The molecule has 0 aliphatic carbocycles. The first kappa shape index (κ1) is 13.8. The van der Waals surface area contributed by atoms with Gasteiger partial charge in [-0.05, 0) is 19.1 Å². The molecule has 1 atom stereocenters. The molecule has 0 bridgehead atoms. The van der Waals surface area contributed by atoms with Crippen molar-refractivity contribution < 1.29 is 13.9 Å². The van der Waals surface area contributed by atoms with Gasteiger partial charge in [0.2, 0.25) is 5.91 Å². The summed E-state index contributed by atoms with van der Waals surface area (Å²) in [6.45, 7) is 4.59. The standard InChI is InChI=1S/C14H19FN2O2/c1-11-10-16-7-8-17(11)14(18)6-9-19-13-5-3-2-4-12(13)15/h2-5,11,16H,6-10H2,1H3. The van der Waals surface area contributed by atoms with E-state index in [1.165, 1.54) is 6.07 Å². The van der Waals surface area contributed by atoms with Gasteiger partial charge in [0.05, 0.1) is 13.0 Å². The Morgan fingerprint density at radius 3 is 3.05 bits per heavy atom. The van der Waals surface area contributed by atoms with E-state index in [9.17, 15) is 9.18 Å². The Hall–Kier alpha value is -1.62. The number of amides is 1. The highest BCUT2D eigenvalue weighted by atomic mass is 19.1. The summed E-state index contributed by atoms with van der Waals surface area (Å²) in [7, 11) is 0. The van der Waals surface area contributed by atoms with Crippen LogP contribution in [0.25, 0.3) is 0 Å². The minimum atomic E-state index is -0.398. The lowest BCUT2D eigenvalue weighted by molar-refractivity contribution is -0.134. The molecular weight excluding hydrogens is 247 g/mol. The molecule has 0 radical (unpaired) electrons. The van der Waals surface area contributed by atoms with Gasteiger partial charge in [-0.1, -0.05) is 12.1 Å². The van der Waals surface area contributed by atoms with E-state index < -0.39 is 5.82 Å². The van der Waals surface area contributed by atoms with E-state index in [1.54, 1.807) is 18.2 Å². The number of piperazine rings is 1. The highest BCUT2D eigenvalue weighted by molar-refractivity contribution is 5.76. The maximum absolute atomic E-state index is 13.3. The van der Waals surface area contributed by atoms with Crippen LogP contribution in [0.2, 0.25) is 0 Å². The summed E-state index contributed by atoms with van der Waals surface area (Å²) in [6.07, 6.45) is 0.276.